The van der Waals surface area contributed by atoms with Crippen molar-refractivity contribution in [1.29, 1.82) is 0 Å². The van der Waals surface area contributed by atoms with Crippen molar-refractivity contribution in [2.24, 2.45) is 0 Å². The van der Waals surface area contributed by atoms with Crippen molar-refractivity contribution >= 4 is 23.3 Å². The summed E-state index contributed by atoms with van der Waals surface area (Å²) in [6.07, 6.45) is -0.564. The molecule has 1 unspecified atom stereocenters. The van der Waals surface area contributed by atoms with Crippen LogP contribution in [0.1, 0.15) is 33.2 Å². The number of halogens is 3. The summed E-state index contributed by atoms with van der Waals surface area (Å²) in [5, 5.41) is 9.63. The highest BCUT2D eigenvalue weighted by molar-refractivity contribution is 7.10. The molecule has 0 saturated heterocycles. The second-order valence-electron chi connectivity index (χ2n) is 7.06. The first-order valence-electron chi connectivity index (χ1n) is 9.37. The van der Waals surface area contributed by atoms with E-state index in [4.69, 9.17) is 5.11 Å². The van der Waals surface area contributed by atoms with Gasteiger partial charge in [0.2, 0.25) is 5.91 Å². The van der Waals surface area contributed by atoms with Crippen LogP contribution in [-0.4, -0.2) is 22.5 Å². The van der Waals surface area contributed by atoms with Crippen molar-refractivity contribution in [3.05, 3.63) is 93.2 Å². The van der Waals surface area contributed by atoms with E-state index in [0.29, 0.717) is 24.3 Å². The fourth-order valence-corrected chi connectivity index (χ4v) is 4.58. The average molecular weight is 430 g/mol. The number of carbonyl (C=O) groups is 1. The molecule has 0 fully saturated rings. The summed E-state index contributed by atoms with van der Waals surface area (Å²) in [4.78, 5) is 15.9. The van der Waals surface area contributed by atoms with Crippen LogP contribution in [0.5, 0.6) is 5.75 Å². The topological polar surface area (TPSA) is 43.2 Å². The maximum absolute atomic E-state index is 13.0. The van der Waals surface area contributed by atoms with Gasteiger partial charge in [0.25, 0.3) is 5.75 Å². The predicted octanol–water partition coefficient (Wildman–Crippen LogP) is 5.39. The van der Waals surface area contributed by atoms with Gasteiger partial charge in [0.1, 0.15) is 0 Å². The fourth-order valence-electron chi connectivity index (χ4n) is 3.67. The summed E-state index contributed by atoms with van der Waals surface area (Å²) >= 11 is 1.60. The molecular weight excluding hydrogens is 411 g/mol. The first kappa shape index (κ1) is 20.2. The molecule has 7 heteroatoms. The molecule has 0 spiro atoms. The van der Waals surface area contributed by atoms with Gasteiger partial charge in [-0.1, -0.05) is 24.3 Å². The van der Waals surface area contributed by atoms with Gasteiger partial charge in [-0.05, 0) is 52.8 Å². The minimum absolute atomic E-state index is 0.216. The van der Waals surface area contributed by atoms with Crippen molar-refractivity contribution in [2.75, 3.05) is 6.54 Å². The Morgan fingerprint density at radius 1 is 1.13 bits per heavy atom. The Hall–Kier alpha value is -3.06. The number of amides is 1. The number of benzene rings is 2. The number of carbonyl (C=O) groups excluding carboxylic acids is 1. The van der Waals surface area contributed by atoms with Gasteiger partial charge in [-0.3, -0.25) is 4.79 Å². The minimum atomic E-state index is -4.40. The van der Waals surface area contributed by atoms with Crippen molar-refractivity contribution in [3.63, 3.8) is 0 Å². The summed E-state index contributed by atoms with van der Waals surface area (Å²) in [6.45, 7) is 0.487. The van der Waals surface area contributed by atoms with Crippen LogP contribution in [0.3, 0.4) is 0 Å². The van der Waals surface area contributed by atoms with Gasteiger partial charge in [-0.25, -0.2) is 0 Å². The quantitative estimate of drug-likeness (QED) is 0.406. The highest BCUT2D eigenvalue weighted by atomic mass is 32.1. The SMILES string of the molecule is O=C(/C=C/c1cccc([OH2+])c1)N1CCc2sccc2C1c1ccc(C(F)(F)F)cc1. The zero-order valence-electron chi connectivity index (χ0n) is 15.8. The number of alkyl halides is 3. The van der Waals surface area contributed by atoms with Crippen LogP contribution >= 0.6 is 11.3 Å². The summed E-state index contributed by atoms with van der Waals surface area (Å²) < 4.78 is 38.9. The number of fused-ring (bicyclic) bond motifs is 1. The molecule has 0 radical (unpaired) electrons. The van der Waals surface area contributed by atoms with E-state index in [9.17, 15) is 18.0 Å². The number of hydrogen-bond donors (Lipinski definition) is 0. The third kappa shape index (κ3) is 4.11. The van der Waals surface area contributed by atoms with Crippen LogP contribution in [0, 0.1) is 0 Å². The largest absolute Gasteiger partial charge is 0.593 e. The molecule has 1 atom stereocenters. The van der Waals surface area contributed by atoms with Crippen LogP contribution in [0.25, 0.3) is 6.08 Å². The monoisotopic (exact) mass is 430 g/mol. The molecule has 0 bridgehead atoms. The fraction of sp³-hybridized carbons (Fsp3) is 0.174. The summed E-state index contributed by atoms with van der Waals surface area (Å²) in [5.74, 6) is 0.139. The number of rotatable bonds is 3. The second-order valence-corrected chi connectivity index (χ2v) is 8.06. The molecule has 0 aliphatic carbocycles. The molecular formula is C23H19F3NO2S+. The Bertz CT molecular complexity index is 1090. The Balaban J connectivity index is 1.65. The maximum atomic E-state index is 13.0. The van der Waals surface area contributed by atoms with E-state index in [1.807, 2.05) is 17.5 Å². The number of nitrogens with zero attached hydrogens (tertiary/aromatic N) is 1. The highest BCUT2D eigenvalue weighted by Gasteiger charge is 2.34. The average Bonchev–Trinajstić information content (AvgIpc) is 3.19. The third-order valence-corrected chi connectivity index (χ3v) is 6.10. The van der Waals surface area contributed by atoms with Gasteiger partial charge < -0.3 is 10.0 Å². The molecule has 4 rings (SSSR count). The van der Waals surface area contributed by atoms with Crippen molar-refractivity contribution < 1.29 is 23.1 Å². The van der Waals surface area contributed by atoms with Gasteiger partial charge in [0, 0.05) is 29.6 Å². The molecule has 3 nitrogen and oxygen atoms in total. The van der Waals surface area contributed by atoms with E-state index in [-0.39, 0.29) is 5.91 Å². The van der Waals surface area contributed by atoms with Gasteiger partial charge in [0.15, 0.2) is 0 Å². The second kappa shape index (κ2) is 7.99. The number of thiophene rings is 1. The van der Waals surface area contributed by atoms with Gasteiger partial charge >= 0.3 is 6.18 Å². The predicted molar refractivity (Wildman–Crippen MR) is 112 cm³/mol. The van der Waals surface area contributed by atoms with E-state index in [2.05, 4.69) is 0 Å². The molecule has 2 N–H and O–H groups in total. The zero-order valence-corrected chi connectivity index (χ0v) is 16.6. The van der Waals surface area contributed by atoms with Gasteiger partial charge in [-0.15, -0.1) is 11.3 Å². The lowest BCUT2D eigenvalue weighted by Crippen LogP contribution is -2.39. The molecule has 2 heterocycles. The van der Waals surface area contributed by atoms with Crippen molar-refractivity contribution in [3.8, 4) is 5.75 Å². The molecule has 3 aromatic rings. The van der Waals surface area contributed by atoms with Crippen LogP contribution in [-0.2, 0) is 17.4 Å². The minimum Gasteiger partial charge on any atom is -0.593 e. The van der Waals surface area contributed by atoms with E-state index in [0.717, 1.165) is 28.1 Å². The summed E-state index contributed by atoms with van der Waals surface area (Å²) in [7, 11) is 0. The Morgan fingerprint density at radius 2 is 1.90 bits per heavy atom. The molecule has 1 amide bonds. The maximum Gasteiger partial charge on any atom is 0.416 e. The Kier molecular flexibility index (Phi) is 5.39. The molecule has 1 aliphatic heterocycles. The van der Waals surface area contributed by atoms with Gasteiger partial charge in [0.05, 0.1) is 11.6 Å². The van der Waals surface area contributed by atoms with Crippen molar-refractivity contribution in [2.45, 2.75) is 18.6 Å². The zero-order chi connectivity index (χ0) is 21.3. The molecule has 0 saturated carbocycles. The van der Waals surface area contributed by atoms with Crippen LogP contribution in [0.15, 0.2) is 66.1 Å². The summed E-state index contributed by atoms with van der Waals surface area (Å²) in [6, 6.07) is 13.4. The standard InChI is InChI=1S/C23H18F3NO2S/c24-23(25,26)17-7-5-16(6-8-17)22-19-11-13-30-20(19)10-12-27(22)21(29)9-4-15-2-1-3-18(28)14-15/h1-9,11,13-14,22,28H,10,12H2/p+1/b9-4+. The van der Waals surface area contributed by atoms with Crippen LogP contribution in [0.4, 0.5) is 13.2 Å². The van der Waals surface area contributed by atoms with E-state index < -0.39 is 17.8 Å². The molecule has 154 valence electrons. The summed E-state index contributed by atoms with van der Waals surface area (Å²) in [5.41, 5.74) is 1.65. The van der Waals surface area contributed by atoms with E-state index in [1.54, 1.807) is 40.5 Å². The first-order valence-corrected chi connectivity index (χ1v) is 10.2. The normalized spacial score (nSPS) is 16.6. The third-order valence-electron chi connectivity index (χ3n) is 5.11. The Labute approximate surface area is 175 Å². The lowest BCUT2D eigenvalue weighted by molar-refractivity contribution is -0.137. The molecule has 30 heavy (non-hydrogen) atoms. The molecule has 1 aromatic heterocycles. The van der Waals surface area contributed by atoms with E-state index >= 15 is 0 Å². The molecule has 2 aromatic carbocycles. The van der Waals surface area contributed by atoms with Crippen LogP contribution in [0.2, 0.25) is 0 Å². The van der Waals surface area contributed by atoms with Crippen LogP contribution < -0.4 is 0 Å². The van der Waals surface area contributed by atoms with E-state index in [1.165, 1.54) is 18.2 Å². The van der Waals surface area contributed by atoms with Gasteiger partial charge in [-0.2, -0.15) is 13.2 Å². The lowest BCUT2D eigenvalue weighted by atomic mass is 9.92. The lowest BCUT2D eigenvalue weighted by Gasteiger charge is -2.35. The molecule has 1 aliphatic rings. The number of hydrogen-bond acceptors (Lipinski definition) is 2. The van der Waals surface area contributed by atoms with Crippen molar-refractivity contribution in [1.82, 2.24) is 4.90 Å². The smallest absolute Gasteiger partial charge is 0.416 e. The Morgan fingerprint density at radius 3 is 2.60 bits per heavy atom. The highest BCUT2D eigenvalue weighted by Crippen LogP contribution is 2.39. The first-order chi connectivity index (χ1) is 14.3.